The van der Waals surface area contributed by atoms with Crippen LogP contribution in [0.2, 0.25) is 0 Å². The summed E-state index contributed by atoms with van der Waals surface area (Å²) in [6, 6.07) is 9.96. The molecule has 1 N–H and O–H groups in total. The number of aryl methyl sites for hydroxylation is 1. The molecule has 0 fully saturated rings. The van der Waals surface area contributed by atoms with E-state index < -0.39 is 12.1 Å². The molecule has 1 aromatic carbocycles. The number of methoxy groups -OCH3 is 2. The number of aromatic nitrogens is 2. The smallest absolute Gasteiger partial charge is 0.263 e. The highest BCUT2D eigenvalue weighted by Gasteiger charge is 2.36. The van der Waals surface area contributed by atoms with Gasteiger partial charge < -0.3 is 19.5 Å². The van der Waals surface area contributed by atoms with Crippen LogP contribution in [0.5, 0.6) is 0 Å². The second-order valence-electron chi connectivity index (χ2n) is 6.44. The van der Waals surface area contributed by atoms with E-state index in [0.29, 0.717) is 4.88 Å². The van der Waals surface area contributed by atoms with Crippen molar-refractivity contribution in [1.82, 2.24) is 14.7 Å². The van der Waals surface area contributed by atoms with Gasteiger partial charge in [-0.05, 0) is 19.1 Å². The van der Waals surface area contributed by atoms with Crippen molar-refractivity contribution in [3.63, 3.8) is 0 Å². The summed E-state index contributed by atoms with van der Waals surface area (Å²) in [4.78, 5) is 18.8. The molecular formula is C20H21N3O4S. The van der Waals surface area contributed by atoms with Crippen LogP contribution in [0.15, 0.2) is 48.7 Å². The lowest BCUT2D eigenvalue weighted by Gasteiger charge is -2.27. The number of benzene rings is 1. The third-order valence-corrected chi connectivity index (χ3v) is 5.88. The second kappa shape index (κ2) is 7.48. The van der Waals surface area contributed by atoms with Crippen molar-refractivity contribution in [1.29, 1.82) is 0 Å². The minimum Gasteiger partial charge on any atom is -0.352 e. The quantitative estimate of drug-likeness (QED) is 0.645. The molecule has 0 aliphatic carbocycles. The first-order valence-electron chi connectivity index (χ1n) is 8.82. The maximum absolute atomic E-state index is 12.7. The Kier molecular flexibility index (Phi) is 5.03. The van der Waals surface area contributed by atoms with Gasteiger partial charge in [0.2, 0.25) is 5.79 Å². The van der Waals surface area contributed by atoms with Crippen molar-refractivity contribution in [2.45, 2.75) is 19.0 Å². The molecule has 0 bridgehead atoms. The molecule has 1 aliphatic rings. The normalized spacial score (nSPS) is 21.5. The fourth-order valence-electron chi connectivity index (χ4n) is 3.11. The Hall–Kier alpha value is -2.52. The van der Waals surface area contributed by atoms with Crippen molar-refractivity contribution in [2.24, 2.45) is 0 Å². The van der Waals surface area contributed by atoms with E-state index in [9.17, 15) is 4.79 Å². The first-order chi connectivity index (χ1) is 13.5. The zero-order chi connectivity index (χ0) is 19.7. The Morgan fingerprint density at radius 2 is 2.14 bits per heavy atom. The Morgan fingerprint density at radius 3 is 2.79 bits per heavy atom. The van der Waals surface area contributed by atoms with E-state index in [-0.39, 0.29) is 12.5 Å². The average molecular weight is 399 g/mol. The van der Waals surface area contributed by atoms with Gasteiger partial charge in [-0.3, -0.25) is 9.20 Å². The first-order valence-corrected chi connectivity index (χ1v) is 9.64. The minimum absolute atomic E-state index is 0.174. The van der Waals surface area contributed by atoms with Gasteiger partial charge in [0.15, 0.2) is 11.3 Å². The monoisotopic (exact) mass is 399 g/mol. The van der Waals surface area contributed by atoms with Crippen LogP contribution in [0.1, 0.15) is 15.4 Å². The van der Waals surface area contributed by atoms with Crippen molar-refractivity contribution >= 4 is 22.2 Å². The fourth-order valence-corrected chi connectivity index (χ4v) is 4.13. The lowest BCUT2D eigenvalue weighted by atomic mass is 10.2. The third-order valence-electron chi connectivity index (χ3n) is 4.73. The van der Waals surface area contributed by atoms with Crippen LogP contribution >= 0.6 is 11.3 Å². The van der Waals surface area contributed by atoms with E-state index >= 15 is 0 Å². The number of nitrogens with zero attached hydrogens (tertiary/aromatic N) is 2. The number of fused-ring (bicyclic) bond motifs is 1. The summed E-state index contributed by atoms with van der Waals surface area (Å²) in [6.45, 7) is 2.08. The standard InChI is InChI=1S/C20H21N3O4S/c1-13-17(18(24)21-12-20(26-3)10-9-16(25-2)27-20)28-19-22-15(11-23(13)19)14-7-5-4-6-8-14/h4-11,16H,12H2,1-3H3,(H,21,24). The molecule has 1 aliphatic heterocycles. The topological polar surface area (TPSA) is 74.1 Å². The highest BCUT2D eigenvalue weighted by molar-refractivity contribution is 7.19. The van der Waals surface area contributed by atoms with Crippen LogP contribution in [-0.2, 0) is 14.2 Å². The lowest BCUT2D eigenvalue weighted by molar-refractivity contribution is -0.238. The van der Waals surface area contributed by atoms with E-state index in [1.165, 1.54) is 18.4 Å². The molecule has 8 heteroatoms. The van der Waals surface area contributed by atoms with Crippen LogP contribution < -0.4 is 5.32 Å². The summed E-state index contributed by atoms with van der Waals surface area (Å²) in [5.41, 5.74) is 2.77. The van der Waals surface area contributed by atoms with Gasteiger partial charge in [0, 0.05) is 31.7 Å². The number of imidazole rings is 1. The van der Waals surface area contributed by atoms with Gasteiger partial charge in [0.1, 0.15) is 4.88 Å². The largest absolute Gasteiger partial charge is 0.352 e. The van der Waals surface area contributed by atoms with Crippen molar-refractivity contribution in [2.75, 3.05) is 20.8 Å². The molecule has 4 rings (SSSR count). The molecule has 2 atom stereocenters. The zero-order valence-electron chi connectivity index (χ0n) is 15.8. The Balaban J connectivity index is 1.51. The number of ether oxygens (including phenoxy) is 3. The molecule has 0 saturated heterocycles. The second-order valence-corrected chi connectivity index (χ2v) is 7.42. The van der Waals surface area contributed by atoms with Crippen molar-refractivity contribution in [3.05, 3.63) is 59.3 Å². The van der Waals surface area contributed by atoms with Crippen LogP contribution in [0.4, 0.5) is 0 Å². The van der Waals surface area contributed by atoms with Gasteiger partial charge in [-0.15, -0.1) is 0 Å². The SMILES string of the molecule is COC1C=CC(CNC(=O)c2sc3nc(-c4ccccc4)cn3c2C)(OC)O1. The summed E-state index contributed by atoms with van der Waals surface area (Å²) in [6.07, 6.45) is 4.98. The van der Waals surface area contributed by atoms with Gasteiger partial charge >= 0.3 is 0 Å². The van der Waals surface area contributed by atoms with Crippen molar-refractivity contribution in [3.8, 4) is 11.3 Å². The fraction of sp³-hybridized carbons (Fsp3) is 0.300. The molecule has 0 radical (unpaired) electrons. The summed E-state index contributed by atoms with van der Waals surface area (Å²) in [5, 5.41) is 2.89. The van der Waals surface area contributed by atoms with Crippen LogP contribution in [0.3, 0.4) is 0 Å². The number of nitrogens with one attached hydrogen (secondary N) is 1. The highest BCUT2D eigenvalue weighted by Crippen LogP contribution is 2.28. The number of hydrogen-bond donors (Lipinski definition) is 1. The zero-order valence-corrected chi connectivity index (χ0v) is 16.7. The summed E-state index contributed by atoms with van der Waals surface area (Å²) in [5.74, 6) is -1.22. The van der Waals surface area contributed by atoms with E-state index in [4.69, 9.17) is 14.2 Å². The molecular weight excluding hydrogens is 378 g/mol. The minimum atomic E-state index is -1.03. The molecule has 2 unspecified atom stereocenters. The number of thiazole rings is 1. The van der Waals surface area contributed by atoms with Crippen LogP contribution in [0.25, 0.3) is 16.2 Å². The van der Waals surface area contributed by atoms with Gasteiger partial charge in [-0.25, -0.2) is 4.98 Å². The van der Waals surface area contributed by atoms with Crippen LogP contribution in [0, 0.1) is 6.92 Å². The number of rotatable bonds is 6. The maximum Gasteiger partial charge on any atom is 0.263 e. The predicted octanol–water partition coefficient (Wildman–Crippen LogP) is 3.00. The Labute approximate surface area is 166 Å². The summed E-state index contributed by atoms with van der Waals surface area (Å²) >= 11 is 1.36. The van der Waals surface area contributed by atoms with Gasteiger partial charge in [-0.2, -0.15) is 0 Å². The Morgan fingerprint density at radius 1 is 1.36 bits per heavy atom. The first kappa shape index (κ1) is 18.8. The van der Waals surface area contributed by atoms with E-state index in [2.05, 4.69) is 10.3 Å². The van der Waals surface area contributed by atoms with E-state index in [0.717, 1.165) is 21.9 Å². The molecule has 0 spiro atoms. The molecule has 0 saturated carbocycles. The van der Waals surface area contributed by atoms with E-state index in [1.807, 2.05) is 47.9 Å². The molecule has 2 aromatic heterocycles. The maximum atomic E-state index is 12.7. The molecule has 146 valence electrons. The molecule has 7 nitrogen and oxygen atoms in total. The number of hydrogen-bond acceptors (Lipinski definition) is 6. The van der Waals surface area contributed by atoms with E-state index in [1.54, 1.807) is 19.3 Å². The highest BCUT2D eigenvalue weighted by atomic mass is 32.1. The predicted molar refractivity (Wildman–Crippen MR) is 106 cm³/mol. The summed E-state index contributed by atoms with van der Waals surface area (Å²) < 4.78 is 18.2. The van der Waals surface area contributed by atoms with Crippen molar-refractivity contribution < 1.29 is 19.0 Å². The molecule has 1 amide bonds. The molecule has 3 aromatic rings. The lowest BCUT2D eigenvalue weighted by Crippen LogP contribution is -2.44. The number of carbonyl (C=O) groups is 1. The average Bonchev–Trinajstić information content (AvgIpc) is 3.42. The Bertz CT molecular complexity index is 1030. The molecule has 28 heavy (non-hydrogen) atoms. The molecule has 3 heterocycles. The van der Waals surface area contributed by atoms with Gasteiger partial charge in [0.05, 0.1) is 12.2 Å². The summed E-state index contributed by atoms with van der Waals surface area (Å²) in [7, 11) is 3.08. The van der Waals surface area contributed by atoms with Crippen LogP contribution in [-0.4, -0.2) is 48.1 Å². The van der Waals surface area contributed by atoms with Gasteiger partial charge in [-0.1, -0.05) is 41.7 Å². The third kappa shape index (κ3) is 3.35. The van der Waals surface area contributed by atoms with Gasteiger partial charge in [0.25, 0.3) is 5.91 Å². The number of carbonyl (C=O) groups excluding carboxylic acids is 1. The number of amides is 1.